The van der Waals surface area contributed by atoms with Crippen molar-refractivity contribution < 1.29 is 102 Å². The Morgan fingerprint density at radius 2 is 1.05 bits per heavy atom. The van der Waals surface area contributed by atoms with Crippen LogP contribution < -0.4 is 38.9 Å². The van der Waals surface area contributed by atoms with Gasteiger partial charge in [-0.05, 0) is 32.7 Å². The van der Waals surface area contributed by atoms with Crippen LogP contribution in [0.1, 0.15) is 27.7 Å². The molecule has 0 saturated heterocycles. The van der Waals surface area contributed by atoms with Crippen LogP contribution in [0.25, 0.3) is 0 Å². The highest BCUT2D eigenvalue weighted by Crippen LogP contribution is 2.31. The van der Waals surface area contributed by atoms with Gasteiger partial charge in [0.05, 0.1) is 104 Å². The maximum Gasteiger partial charge on any atom is 0.370 e. The Morgan fingerprint density at radius 3 is 1.47 bits per heavy atom. The molecule has 0 aliphatic carbocycles. The molecule has 0 aromatic heterocycles. The second kappa shape index (κ2) is 40.6. The van der Waals surface area contributed by atoms with E-state index in [2.05, 4.69) is 37.8 Å². The van der Waals surface area contributed by atoms with Crippen molar-refractivity contribution in [2.45, 2.75) is 82.4 Å². The first-order valence-corrected chi connectivity index (χ1v) is 24.9. The highest BCUT2D eigenvalue weighted by Gasteiger charge is 2.46. The molecule has 0 fully saturated rings. The summed E-state index contributed by atoms with van der Waals surface area (Å²) in [7, 11) is 2.03. The van der Waals surface area contributed by atoms with Crippen LogP contribution in [0.5, 0.6) is 0 Å². The molecule has 31 nitrogen and oxygen atoms in total. The third kappa shape index (κ3) is 29.7. The van der Waals surface area contributed by atoms with Gasteiger partial charge in [0.25, 0.3) is 0 Å². The lowest BCUT2D eigenvalue weighted by atomic mass is 9.87. The molecule has 2 rings (SSSR count). The van der Waals surface area contributed by atoms with Gasteiger partial charge in [-0.15, -0.1) is 0 Å². The van der Waals surface area contributed by atoms with Crippen LogP contribution in [0.3, 0.4) is 0 Å². The Bertz CT molecular complexity index is 1840. The minimum atomic E-state index is -1.62. The summed E-state index contributed by atoms with van der Waals surface area (Å²) in [5.74, 6) is -6.71. The van der Waals surface area contributed by atoms with Gasteiger partial charge in [-0.1, -0.05) is 13.8 Å². The van der Waals surface area contributed by atoms with E-state index in [9.17, 15) is 54.6 Å². The number of hydrogen-bond acceptors (Lipinski definition) is 22. The Morgan fingerprint density at radius 1 is 0.649 bits per heavy atom. The largest absolute Gasteiger partial charge is 0.480 e. The van der Waals surface area contributed by atoms with Crippen LogP contribution in [0.2, 0.25) is 0 Å². The van der Waals surface area contributed by atoms with E-state index >= 15 is 0 Å². The minimum Gasteiger partial charge on any atom is -0.480 e. The van der Waals surface area contributed by atoms with E-state index in [0.29, 0.717) is 66.1 Å². The number of hydrogen-bond donors (Lipinski definition) is 13. The van der Waals surface area contributed by atoms with Gasteiger partial charge in [-0.2, -0.15) is 0 Å². The van der Waals surface area contributed by atoms with E-state index < -0.39 is 134 Å². The molecular formula is C46H84N10O21. The minimum absolute atomic E-state index is 0.154. The lowest BCUT2D eigenvalue weighted by Gasteiger charge is -2.40. The first-order chi connectivity index (χ1) is 36.7. The second-order valence-corrected chi connectivity index (χ2v) is 16.9. The lowest BCUT2D eigenvalue weighted by molar-refractivity contribution is -0.160. The summed E-state index contributed by atoms with van der Waals surface area (Å²) < 4.78 is 54.2. The molecule has 31 heteroatoms. The fourth-order valence-electron chi connectivity index (χ4n) is 6.94. The molecule has 17 N–H and O–H groups in total. The molecule has 444 valence electrons. The molecule has 2 heterocycles. The van der Waals surface area contributed by atoms with Gasteiger partial charge in [0.1, 0.15) is 43.7 Å². The molecule has 0 bridgehead atoms. The van der Waals surface area contributed by atoms with Crippen molar-refractivity contribution in [3.63, 3.8) is 0 Å². The highest BCUT2D eigenvalue weighted by molar-refractivity contribution is 5.86. The first-order valence-electron chi connectivity index (χ1n) is 24.9. The first kappa shape index (κ1) is 69.5. The monoisotopic (exact) mass is 1110 g/mol. The van der Waals surface area contributed by atoms with Gasteiger partial charge in [-0.3, -0.25) is 14.4 Å². The molecule has 0 spiro atoms. The third-order valence-corrected chi connectivity index (χ3v) is 10.9. The molecule has 0 aromatic rings. The second-order valence-electron chi connectivity index (χ2n) is 16.9. The van der Waals surface area contributed by atoms with E-state index in [4.69, 9.17) is 70.3 Å². The fourth-order valence-corrected chi connectivity index (χ4v) is 6.94. The molecule has 0 unspecified atom stereocenters. The number of amides is 3. The van der Waals surface area contributed by atoms with Gasteiger partial charge in [0.15, 0.2) is 18.0 Å². The van der Waals surface area contributed by atoms with Crippen molar-refractivity contribution >= 4 is 41.6 Å². The number of carboxylic acids is 2. The lowest BCUT2D eigenvalue weighted by Crippen LogP contribution is -2.60. The number of aliphatic hydroxyl groups excluding tert-OH is 4. The number of nitrogens with one attached hydrogen (secondary N) is 3. The zero-order chi connectivity index (χ0) is 57.7. The Kier molecular flexibility index (Phi) is 36.7. The Hall–Kier alpha value is -5.55. The number of aliphatic hydroxyl groups is 4. The molecule has 2 aliphatic heterocycles. The van der Waals surface area contributed by atoms with E-state index in [1.165, 1.54) is 13.0 Å². The number of guanidine groups is 2. The topological polar surface area (TPSA) is 467 Å². The number of aliphatic carboxylic acids is 2. The number of nitrogens with two attached hydrogens (primary N) is 4. The molecule has 77 heavy (non-hydrogen) atoms. The van der Waals surface area contributed by atoms with Crippen LogP contribution in [0.4, 0.5) is 0 Å². The number of rotatable bonds is 40. The van der Waals surface area contributed by atoms with Crippen molar-refractivity contribution in [2.24, 2.45) is 38.8 Å². The van der Waals surface area contributed by atoms with E-state index in [-0.39, 0.29) is 32.3 Å². The van der Waals surface area contributed by atoms with E-state index in [0.717, 1.165) is 19.2 Å². The maximum absolute atomic E-state index is 12.3. The van der Waals surface area contributed by atoms with Crippen LogP contribution >= 0.6 is 0 Å². The molecule has 0 radical (unpaired) electrons. The maximum atomic E-state index is 12.3. The van der Waals surface area contributed by atoms with Gasteiger partial charge in [-0.25, -0.2) is 19.6 Å². The number of nitrogens with zero attached hydrogens (tertiary/aromatic N) is 3. The van der Waals surface area contributed by atoms with Crippen LogP contribution in [-0.2, 0) is 71.3 Å². The SMILES string of the molecule is CCN(C)CCOCCOCCOCCNC(=O)CO[C@@H]([C@@H]1OC(C(=O)O)=C[C@H](N=C(N)N)[C@H]1C)[C@H](O)CO.CCOCCOCCOCCNC(=O)CO[C@@H]([C@@H]1OC(C(=O)O)=C[C@H](N=C(N)N)[C@H]1NC(C)=O)[C@H](O)CO. The van der Waals surface area contributed by atoms with Gasteiger partial charge >= 0.3 is 11.9 Å². The smallest absolute Gasteiger partial charge is 0.370 e. The van der Waals surface area contributed by atoms with Crippen molar-refractivity contribution in [3.05, 3.63) is 23.7 Å². The van der Waals surface area contributed by atoms with Crippen molar-refractivity contribution in [1.82, 2.24) is 20.9 Å². The van der Waals surface area contributed by atoms with Gasteiger partial charge < -0.3 is 122 Å². The summed E-state index contributed by atoms with van der Waals surface area (Å²) in [6.45, 7) is 11.5. The molecule has 10 atom stereocenters. The summed E-state index contributed by atoms with van der Waals surface area (Å²) >= 11 is 0. The molecule has 3 amide bonds. The van der Waals surface area contributed by atoms with Crippen LogP contribution in [-0.4, -0.2) is 271 Å². The third-order valence-electron chi connectivity index (χ3n) is 10.9. The van der Waals surface area contributed by atoms with Crippen molar-refractivity contribution in [3.8, 4) is 0 Å². The predicted octanol–water partition coefficient (Wildman–Crippen LogP) is -6.09. The summed E-state index contributed by atoms with van der Waals surface area (Å²) in [4.78, 5) is 69.6. The van der Waals surface area contributed by atoms with Crippen molar-refractivity contribution in [1.29, 1.82) is 0 Å². The standard InChI is InChI=1S/C24H45N5O10.C22H39N5O11/c1-4-29(3)6-8-36-10-12-37-11-9-35-7-5-27-20(32)15-38-22(18(31)14-30)21-16(2)17(28-24(25)26)13-19(39-21)23(33)34;1-3-34-6-7-36-9-8-35-5-4-25-17(31)12-37-19(15(30)11-28)20-18(26-13(2)29)14(27-22(23)24)10-16(38-20)21(32)33/h13,16-18,21-22,30-31H,4-12,14-15H2,1-3H3,(H,27,32)(H,33,34)(H4,25,26,28);10,14-15,18-20,28,30H,3-9,11-12H2,1-2H3,(H,25,31)(H,26,29)(H,32,33)(H4,23,24,27)/t16-,17+,18-,21-,22-;14-,15+,18+,19+,20+/m10/s1. The molecular weight excluding hydrogens is 1030 g/mol. The summed E-state index contributed by atoms with van der Waals surface area (Å²) in [5.41, 5.74) is 21.8. The van der Waals surface area contributed by atoms with Gasteiger partial charge in [0.2, 0.25) is 29.2 Å². The van der Waals surface area contributed by atoms with Crippen LogP contribution in [0.15, 0.2) is 33.7 Å². The number of carbonyl (C=O) groups is 5. The van der Waals surface area contributed by atoms with Gasteiger partial charge in [0, 0.05) is 39.1 Å². The number of likely N-dealkylation sites (N-methyl/N-ethyl adjacent to an activating group) is 1. The quantitative estimate of drug-likeness (QED) is 0.0154. The average molecular weight is 1110 g/mol. The Balaban J connectivity index is 0.000000770. The van der Waals surface area contributed by atoms with E-state index in [1.807, 2.05) is 14.0 Å². The molecule has 2 aliphatic rings. The van der Waals surface area contributed by atoms with Crippen LogP contribution in [0, 0.1) is 5.92 Å². The molecule has 0 saturated carbocycles. The average Bonchev–Trinajstić information content (AvgIpc) is 3.38. The summed E-state index contributed by atoms with van der Waals surface area (Å²) in [6.07, 6.45) is -5.96. The normalized spacial score (nSPS) is 20.5. The van der Waals surface area contributed by atoms with Crippen molar-refractivity contribution in [2.75, 3.05) is 139 Å². The fraction of sp³-hybridized carbons (Fsp3) is 0.761. The predicted molar refractivity (Wildman–Crippen MR) is 273 cm³/mol. The zero-order valence-corrected chi connectivity index (χ0v) is 44.5. The summed E-state index contributed by atoms with van der Waals surface area (Å²) in [5, 5.41) is 66.3. The highest BCUT2D eigenvalue weighted by atomic mass is 16.6. The van der Waals surface area contributed by atoms with E-state index in [1.54, 1.807) is 6.92 Å². The zero-order valence-electron chi connectivity index (χ0n) is 44.5. The Labute approximate surface area is 447 Å². The summed E-state index contributed by atoms with van der Waals surface area (Å²) in [6, 6.07) is -3.01. The number of carbonyl (C=O) groups excluding carboxylic acids is 3. The number of carboxylic acid groups (broad SMARTS) is 2. The number of ether oxygens (including phenoxy) is 10. The molecule has 0 aromatic carbocycles. The number of aliphatic imine (C=N–C) groups is 2.